The first-order valence-corrected chi connectivity index (χ1v) is 5.40. The van der Waals surface area contributed by atoms with E-state index in [1.807, 2.05) is 0 Å². The van der Waals surface area contributed by atoms with Crippen LogP contribution in [0.4, 0.5) is 16.2 Å². The van der Waals surface area contributed by atoms with E-state index in [4.69, 9.17) is 0 Å². The van der Waals surface area contributed by atoms with E-state index in [1.54, 1.807) is 43.7 Å². The monoisotopic (exact) mass is 243 g/mol. The molecule has 2 aromatic rings. The highest BCUT2D eigenvalue weighted by Gasteiger charge is 2.10. The van der Waals surface area contributed by atoms with Crippen molar-refractivity contribution in [1.82, 2.24) is 4.98 Å². The number of amides is 2. The van der Waals surface area contributed by atoms with Crippen LogP contribution < -0.4 is 10.2 Å². The number of pyridine rings is 1. The molecule has 5 nitrogen and oxygen atoms in total. The molecule has 0 aliphatic carbocycles. The number of carbonyl (C=O) groups is 1. The number of aromatic hydroxyl groups is 1. The van der Waals surface area contributed by atoms with Crippen molar-refractivity contribution in [3.8, 4) is 5.75 Å². The first kappa shape index (κ1) is 11.9. The maximum absolute atomic E-state index is 11.9. The van der Waals surface area contributed by atoms with Crippen molar-refractivity contribution in [2.45, 2.75) is 0 Å². The van der Waals surface area contributed by atoms with E-state index >= 15 is 0 Å². The number of anilines is 2. The van der Waals surface area contributed by atoms with Gasteiger partial charge in [-0.2, -0.15) is 0 Å². The summed E-state index contributed by atoms with van der Waals surface area (Å²) in [6.07, 6.45) is 3.21. The van der Waals surface area contributed by atoms with Gasteiger partial charge in [0.2, 0.25) is 0 Å². The molecule has 2 rings (SSSR count). The lowest BCUT2D eigenvalue weighted by Gasteiger charge is -2.18. The first-order valence-electron chi connectivity index (χ1n) is 5.40. The van der Waals surface area contributed by atoms with Gasteiger partial charge in [0.25, 0.3) is 0 Å². The van der Waals surface area contributed by atoms with Crippen LogP contribution in [0.3, 0.4) is 0 Å². The molecule has 1 aromatic heterocycles. The zero-order chi connectivity index (χ0) is 13.0. The number of carbonyl (C=O) groups excluding carboxylic acids is 1. The second kappa shape index (κ2) is 5.18. The van der Waals surface area contributed by atoms with Crippen molar-refractivity contribution in [2.75, 3.05) is 17.3 Å². The SMILES string of the molecule is CN(C(=O)Nc1ccncc1)c1ccc(O)cc1. The number of benzene rings is 1. The molecule has 5 heteroatoms. The third kappa shape index (κ3) is 2.76. The fraction of sp³-hybridized carbons (Fsp3) is 0.0769. The predicted octanol–water partition coefficient (Wildman–Crippen LogP) is 2.46. The second-order valence-corrected chi connectivity index (χ2v) is 3.74. The fourth-order valence-corrected chi connectivity index (χ4v) is 1.44. The van der Waals surface area contributed by atoms with Crippen molar-refractivity contribution in [2.24, 2.45) is 0 Å². The van der Waals surface area contributed by atoms with Gasteiger partial charge < -0.3 is 10.4 Å². The summed E-state index contributed by atoms with van der Waals surface area (Å²) in [6, 6.07) is 9.57. The van der Waals surface area contributed by atoms with Gasteiger partial charge in [0.1, 0.15) is 5.75 Å². The Morgan fingerprint density at radius 2 is 1.78 bits per heavy atom. The van der Waals surface area contributed by atoms with Crippen molar-refractivity contribution in [1.29, 1.82) is 0 Å². The summed E-state index contributed by atoms with van der Waals surface area (Å²) in [7, 11) is 1.66. The van der Waals surface area contributed by atoms with Gasteiger partial charge >= 0.3 is 6.03 Å². The Kier molecular flexibility index (Phi) is 3.43. The minimum atomic E-state index is -0.258. The molecule has 0 aliphatic heterocycles. The van der Waals surface area contributed by atoms with Crippen molar-refractivity contribution in [3.63, 3.8) is 0 Å². The maximum Gasteiger partial charge on any atom is 0.326 e. The largest absolute Gasteiger partial charge is 0.508 e. The molecular formula is C13H13N3O2. The zero-order valence-corrected chi connectivity index (χ0v) is 9.87. The Labute approximate surface area is 105 Å². The van der Waals surface area contributed by atoms with Gasteiger partial charge in [-0.05, 0) is 36.4 Å². The molecule has 0 fully saturated rings. The van der Waals surface area contributed by atoms with Gasteiger partial charge in [-0.25, -0.2) is 4.79 Å². The van der Waals surface area contributed by atoms with E-state index in [0.717, 1.165) is 0 Å². The standard InChI is InChI=1S/C13H13N3O2/c1-16(11-2-4-12(17)5-3-11)13(18)15-10-6-8-14-9-7-10/h2-9,17H,1H3,(H,14,15,18). The second-order valence-electron chi connectivity index (χ2n) is 3.74. The molecule has 1 heterocycles. The fourth-order valence-electron chi connectivity index (χ4n) is 1.44. The lowest BCUT2D eigenvalue weighted by molar-refractivity contribution is 0.258. The van der Waals surface area contributed by atoms with Crippen LogP contribution >= 0.6 is 0 Å². The van der Waals surface area contributed by atoms with E-state index in [0.29, 0.717) is 11.4 Å². The molecule has 0 aliphatic rings. The summed E-state index contributed by atoms with van der Waals surface area (Å²) < 4.78 is 0. The minimum absolute atomic E-state index is 0.168. The number of rotatable bonds is 2. The number of nitrogens with one attached hydrogen (secondary N) is 1. The Bertz CT molecular complexity index is 526. The van der Waals surface area contributed by atoms with Gasteiger partial charge in [-0.15, -0.1) is 0 Å². The summed E-state index contributed by atoms with van der Waals surface area (Å²) in [5.74, 6) is 0.168. The van der Waals surface area contributed by atoms with Gasteiger partial charge in [-0.1, -0.05) is 0 Å². The van der Waals surface area contributed by atoms with E-state index in [1.165, 1.54) is 17.0 Å². The number of hydrogen-bond acceptors (Lipinski definition) is 3. The molecule has 0 bridgehead atoms. The van der Waals surface area contributed by atoms with E-state index < -0.39 is 0 Å². The molecule has 0 atom stereocenters. The molecule has 0 unspecified atom stereocenters. The van der Waals surface area contributed by atoms with Crippen LogP contribution in [0.25, 0.3) is 0 Å². The molecule has 0 radical (unpaired) electrons. The molecule has 2 N–H and O–H groups in total. The van der Waals surface area contributed by atoms with Gasteiger partial charge in [-0.3, -0.25) is 9.88 Å². The molecule has 18 heavy (non-hydrogen) atoms. The maximum atomic E-state index is 11.9. The van der Waals surface area contributed by atoms with Crippen LogP contribution in [0.5, 0.6) is 5.75 Å². The Balaban J connectivity index is 2.07. The summed E-state index contributed by atoms with van der Waals surface area (Å²) in [5, 5.41) is 11.9. The summed E-state index contributed by atoms with van der Waals surface area (Å²) >= 11 is 0. The van der Waals surface area contributed by atoms with E-state index in [9.17, 15) is 9.90 Å². The minimum Gasteiger partial charge on any atom is -0.508 e. The lowest BCUT2D eigenvalue weighted by atomic mass is 10.3. The molecule has 0 saturated carbocycles. The number of aromatic nitrogens is 1. The van der Waals surface area contributed by atoms with Gasteiger partial charge in [0.15, 0.2) is 0 Å². The normalized spacial score (nSPS) is 9.83. The van der Waals surface area contributed by atoms with Crippen molar-refractivity contribution >= 4 is 17.4 Å². The molecule has 1 aromatic carbocycles. The number of nitrogens with zero attached hydrogens (tertiary/aromatic N) is 2. The van der Waals surface area contributed by atoms with Gasteiger partial charge in [0, 0.05) is 30.8 Å². The zero-order valence-electron chi connectivity index (χ0n) is 9.87. The third-order valence-electron chi connectivity index (χ3n) is 2.47. The highest BCUT2D eigenvalue weighted by atomic mass is 16.3. The average Bonchev–Trinajstić information content (AvgIpc) is 2.40. The molecule has 2 amide bonds. The Hall–Kier alpha value is -2.56. The number of phenolic OH excluding ortho intramolecular Hbond substituents is 1. The predicted molar refractivity (Wildman–Crippen MR) is 69.8 cm³/mol. The average molecular weight is 243 g/mol. The highest BCUT2D eigenvalue weighted by Crippen LogP contribution is 2.18. The Morgan fingerprint density at radius 3 is 2.39 bits per heavy atom. The van der Waals surface area contributed by atoms with Crippen LogP contribution in [-0.2, 0) is 0 Å². The van der Waals surface area contributed by atoms with E-state index in [-0.39, 0.29) is 11.8 Å². The van der Waals surface area contributed by atoms with Crippen molar-refractivity contribution < 1.29 is 9.90 Å². The van der Waals surface area contributed by atoms with E-state index in [2.05, 4.69) is 10.3 Å². The number of hydrogen-bond donors (Lipinski definition) is 2. The number of phenols is 1. The summed E-state index contributed by atoms with van der Waals surface area (Å²) in [5.41, 5.74) is 1.37. The molecule has 0 saturated heterocycles. The molecule has 0 spiro atoms. The Morgan fingerprint density at radius 1 is 1.17 bits per heavy atom. The topological polar surface area (TPSA) is 65.5 Å². The van der Waals surface area contributed by atoms with Crippen LogP contribution in [0.1, 0.15) is 0 Å². The van der Waals surface area contributed by atoms with Crippen LogP contribution in [-0.4, -0.2) is 23.2 Å². The highest BCUT2D eigenvalue weighted by molar-refractivity contribution is 6.01. The summed E-state index contributed by atoms with van der Waals surface area (Å²) in [6.45, 7) is 0. The summed E-state index contributed by atoms with van der Waals surface area (Å²) in [4.78, 5) is 17.3. The smallest absolute Gasteiger partial charge is 0.326 e. The lowest BCUT2D eigenvalue weighted by Crippen LogP contribution is -2.31. The quantitative estimate of drug-likeness (QED) is 0.851. The van der Waals surface area contributed by atoms with Crippen LogP contribution in [0, 0.1) is 0 Å². The van der Waals surface area contributed by atoms with Crippen molar-refractivity contribution in [3.05, 3.63) is 48.8 Å². The van der Waals surface area contributed by atoms with Crippen LogP contribution in [0.15, 0.2) is 48.8 Å². The van der Waals surface area contributed by atoms with Crippen LogP contribution in [0.2, 0.25) is 0 Å². The first-order chi connectivity index (χ1) is 8.66. The third-order valence-corrected chi connectivity index (χ3v) is 2.47. The van der Waals surface area contributed by atoms with Gasteiger partial charge in [0.05, 0.1) is 0 Å². The number of urea groups is 1. The molecule has 92 valence electrons. The molecular weight excluding hydrogens is 230 g/mol.